The number of anilines is 1. The van der Waals surface area contributed by atoms with E-state index in [4.69, 9.17) is 10.5 Å². The van der Waals surface area contributed by atoms with E-state index in [2.05, 4.69) is 9.97 Å². The third kappa shape index (κ3) is 3.78. The molecule has 0 fully saturated rings. The molecule has 2 aromatic heterocycles. The molecule has 9 heteroatoms. The minimum atomic E-state index is -0.667. The van der Waals surface area contributed by atoms with Crippen molar-refractivity contribution in [3.63, 3.8) is 0 Å². The van der Waals surface area contributed by atoms with E-state index in [1.54, 1.807) is 11.6 Å². The molecule has 0 aliphatic heterocycles. The summed E-state index contributed by atoms with van der Waals surface area (Å²) in [6.45, 7) is -0.0292. The highest BCUT2D eigenvalue weighted by molar-refractivity contribution is 7.13. The van der Waals surface area contributed by atoms with Crippen molar-refractivity contribution < 1.29 is 14.5 Å². The lowest BCUT2D eigenvalue weighted by Gasteiger charge is -2.05. The average molecular weight is 356 g/mol. The van der Waals surface area contributed by atoms with E-state index in [9.17, 15) is 14.9 Å². The first kappa shape index (κ1) is 16.5. The molecule has 0 saturated carbocycles. The number of aromatic nitrogens is 2. The number of rotatable bonds is 5. The summed E-state index contributed by atoms with van der Waals surface area (Å²) in [5.41, 5.74) is 6.89. The maximum absolute atomic E-state index is 12.1. The summed E-state index contributed by atoms with van der Waals surface area (Å²) >= 11 is 1.39. The van der Waals surface area contributed by atoms with Crippen LogP contribution in [0.5, 0.6) is 0 Å². The number of hydrogen-bond donors (Lipinski definition) is 1. The molecule has 2 N–H and O–H groups in total. The molecule has 0 aliphatic rings. The molecular weight excluding hydrogens is 344 g/mol. The van der Waals surface area contributed by atoms with Crippen molar-refractivity contribution >= 4 is 28.7 Å². The number of nitro groups is 1. The molecule has 2 heterocycles. The molecule has 0 bridgehead atoms. The Bertz CT molecular complexity index is 927. The molecule has 3 aromatic rings. The fraction of sp³-hybridized carbons (Fsp3) is 0.0625. The van der Waals surface area contributed by atoms with Crippen molar-refractivity contribution in [2.24, 2.45) is 0 Å². The van der Waals surface area contributed by atoms with Gasteiger partial charge >= 0.3 is 5.97 Å². The first-order chi connectivity index (χ1) is 12.0. The van der Waals surface area contributed by atoms with Crippen molar-refractivity contribution in [3.8, 4) is 10.7 Å². The van der Waals surface area contributed by atoms with Gasteiger partial charge in [0, 0.05) is 23.7 Å². The van der Waals surface area contributed by atoms with Crippen molar-refractivity contribution in [3.05, 3.63) is 69.3 Å². The fourth-order valence-electron chi connectivity index (χ4n) is 2.05. The van der Waals surface area contributed by atoms with Crippen LogP contribution in [0.3, 0.4) is 0 Å². The summed E-state index contributed by atoms with van der Waals surface area (Å²) in [4.78, 5) is 30.8. The van der Waals surface area contributed by atoms with E-state index < -0.39 is 10.9 Å². The van der Waals surface area contributed by atoms with Crippen molar-refractivity contribution in [2.75, 3.05) is 5.73 Å². The van der Waals surface area contributed by atoms with Crippen LogP contribution in [0.2, 0.25) is 0 Å². The zero-order chi connectivity index (χ0) is 17.8. The van der Waals surface area contributed by atoms with Gasteiger partial charge in [-0.1, -0.05) is 6.07 Å². The van der Waals surface area contributed by atoms with E-state index in [1.807, 2.05) is 18.2 Å². The second-order valence-corrected chi connectivity index (χ2v) is 5.82. The largest absolute Gasteiger partial charge is 0.455 e. The number of nitrogen functional groups attached to an aromatic ring is 1. The highest BCUT2D eigenvalue weighted by Crippen LogP contribution is 2.23. The van der Waals surface area contributed by atoms with Crippen molar-refractivity contribution in [1.29, 1.82) is 0 Å². The summed E-state index contributed by atoms with van der Waals surface area (Å²) in [5.74, 6) is -0.667. The minimum Gasteiger partial charge on any atom is -0.455 e. The van der Waals surface area contributed by atoms with Crippen molar-refractivity contribution in [2.45, 2.75) is 6.61 Å². The Morgan fingerprint density at radius 1 is 1.32 bits per heavy atom. The maximum atomic E-state index is 12.1. The molecule has 0 amide bonds. The molecule has 25 heavy (non-hydrogen) atoms. The van der Waals surface area contributed by atoms with Gasteiger partial charge in [0.25, 0.3) is 5.69 Å². The van der Waals surface area contributed by atoms with Crippen LogP contribution in [0.25, 0.3) is 10.7 Å². The predicted octanol–water partition coefficient (Wildman–Crippen LogP) is 3.05. The number of hydrogen-bond acceptors (Lipinski definition) is 8. The maximum Gasteiger partial charge on any atom is 0.340 e. The van der Waals surface area contributed by atoms with E-state index in [0.717, 1.165) is 16.8 Å². The standard InChI is InChI=1S/C16H12N4O4S/c17-13-7-11(20(22)23)4-5-12(13)16(21)24-8-10-9-25-15(19-10)14-3-1-2-6-18-14/h1-7,9H,8,17H2. The zero-order valence-corrected chi connectivity index (χ0v) is 13.6. The monoisotopic (exact) mass is 356 g/mol. The average Bonchev–Trinajstić information content (AvgIpc) is 3.09. The molecular formula is C16H12N4O4S. The topological polar surface area (TPSA) is 121 Å². The molecule has 0 aliphatic carbocycles. The van der Waals surface area contributed by atoms with E-state index in [0.29, 0.717) is 5.69 Å². The van der Waals surface area contributed by atoms with Gasteiger partial charge in [-0.3, -0.25) is 15.1 Å². The number of nitrogens with zero attached hydrogens (tertiary/aromatic N) is 3. The van der Waals surface area contributed by atoms with Crippen LogP contribution in [0.4, 0.5) is 11.4 Å². The van der Waals surface area contributed by atoms with Gasteiger partial charge in [-0.15, -0.1) is 11.3 Å². The van der Waals surface area contributed by atoms with E-state index >= 15 is 0 Å². The number of carbonyl (C=O) groups is 1. The van der Waals surface area contributed by atoms with Crippen LogP contribution in [-0.4, -0.2) is 20.9 Å². The van der Waals surface area contributed by atoms with E-state index in [1.165, 1.54) is 23.5 Å². The number of carbonyl (C=O) groups excluding carboxylic acids is 1. The molecule has 126 valence electrons. The fourth-order valence-corrected chi connectivity index (χ4v) is 2.83. The van der Waals surface area contributed by atoms with Gasteiger partial charge in [-0.05, 0) is 18.2 Å². The first-order valence-electron chi connectivity index (χ1n) is 7.11. The van der Waals surface area contributed by atoms with Crippen LogP contribution in [0, 0.1) is 10.1 Å². The summed E-state index contributed by atoms with van der Waals surface area (Å²) in [6.07, 6.45) is 1.67. The zero-order valence-electron chi connectivity index (χ0n) is 12.8. The van der Waals surface area contributed by atoms with Gasteiger partial charge in [0.1, 0.15) is 11.6 Å². The Labute approximate surface area is 146 Å². The smallest absolute Gasteiger partial charge is 0.340 e. The Balaban J connectivity index is 1.67. The molecule has 0 unspecified atom stereocenters. The van der Waals surface area contributed by atoms with Crippen molar-refractivity contribution in [1.82, 2.24) is 9.97 Å². The number of non-ortho nitro benzene ring substituents is 1. The number of nitrogens with two attached hydrogens (primary N) is 1. The molecule has 1 aromatic carbocycles. The lowest BCUT2D eigenvalue weighted by Crippen LogP contribution is -2.08. The summed E-state index contributed by atoms with van der Waals surface area (Å²) in [7, 11) is 0. The number of ether oxygens (including phenoxy) is 1. The normalized spacial score (nSPS) is 10.4. The molecule has 8 nitrogen and oxygen atoms in total. The number of benzene rings is 1. The summed E-state index contributed by atoms with van der Waals surface area (Å²) < 4.78 is 5.18. The van der Waals surface area contributed by atoms with Gasteiger partial charge in [0.05, 0.1) is 27.6 Å². The van der Waals surface area contributed by atoms with Gasteiger partial charge in [0.2, 0.25) is 0 Å². The van der Waals surface area contributed by atoms with Gasteiger partial charge in [0.15, 0.2) is 0 Å². The highest BCUT2D eigenvalue weighted by Gasteiger charge is 2.16. The number of pyridine rings is 1. The Morgan fingerprint density at radius 3 is 2.84 bits per heavy atom. The molecule has 0 saturated heterocycles. The second kappa shape index (κ2) is 7.05. The lowest BCUT2D eigenvalue weighted by atomic mass is 10.1. The van der Waals surface area contributed by atoms with Crippen LogP contribution in [-0.2, 0) is 11.3 Å². The quantitative estimate of drug-likeness (QED) is 0.323. The molecule has 0 spiro atoms. The number of esters is 1. The van der Waals surface area contributed by atoms with Crippen LogP contribution in [0.1, 0.15) is 16.1 Å². The third-order valence-corrected chi connectivity index (χ3v) is 4.17. The minimum absolute atomic E-state index is 0.00773. The third-order valence-electron chi connectivity index (χ3n) is 3.25. The van der Waals surface area contributed by atoms with Gasteiger partial charge in [-0.25, -0.2) is 9.78 Å². The Kier molecular flexibility index (Phi) is 4.66. The number of nitro benzene ring substituents is 1. The van der Waals surface area contributed by atoms with E-state index in [-0.39, 0.29) is 23.5 Å². The first-order valence-corrected chi connectivity index (χ1v) is 7.99. The van der Waals surface area contributed by atoms with Gasteiger partial charge < -0.3 is 10.5 Å². The van der Waals surface area contributed by atoms with Crippen LogP contribution in [0.15, 0.2) is 48.0 Å². The second-order valence-electron chi connectivity index (χ2n) is 4.96. The predicted molar refractivity (Wildman–Crippen MR) is 92.0 cm³/mol. The molecule has 0 radical (unpaired) electrons. The Hall–Kier alpha value is -3.33. The SMILES string of the molecule is Nc1cc([N+](=O)[O-])ccc1C(=O)OCc1csc(-c2ccccn2)n1. The van der Waals surface area contributed by atoms with Crippen LogP contribution >= 0.6 is 11.3 Å². The van der Waals surface area contributed by atoms with Gasteiger partial charge in [-0.2, -0.15) is 0 Å². The molecule has 0 atom stereocenters. The summed E-state index contributed by atoms with van der Waals surface area (Å²) in [6, 6.07) is 9.12. The highest BCUT2D eigenvalue weighted by atomic mass is 32.1. The summed E-state index contributed by atoms with van der Waals surface area (Å²) in [5, 5.41) is 13.2. The molecule has 3 rings (SSSR count). The Morgan fingerprint density at radius 2 is 2.16 bits per heavy atom. The van der Waals surface area contributed by atoms with Crippen LogP contribution < -0.4 is 5.73 Å². The number of thiazole rings is 1. The lowest BCUT2D eigenvalue weighted by molar-refractivity contribution is -0.384.